The van der Waals surface area contributed by atoms with E-state index < -0.39 is 0 Å². The van der Waals surface area contributed by atoms with Crippen LogP contribution in [0.3, 0.4) is 0 Å². The molecule has 0 aromatic carbocycles. The summed E-state index contributed by atoms with van der Waals surface area (Å²) in [5.74, 6) is -0.296. The van der Waals surface area contributed by atoms with E-state index in [4.69, 9.17) is 0 Å². The van der Waals surface area contributed by atoms with Crippen molar-refractivity contribution < 1.29 is 9.59 Å². The summed E-state index contributed by atoms with van der Waals surface area (Å²) >= 11 is 0. The molecule has 0 saturated carbocycles. The second kappa shape index (κ2) is 6.51. The predicted molar refractivity (Wildman–Crippen MR) is 84.9 cm³/mol. The van der Waals surface area contributed by atoms with Crippen LogP contribution in [-0.2, 0) is 0 Å². The Balaban J connectivity index is 1.94. The van der Waals surface area contributed by atoms with Crippen molar-refractivity contribution in [3.8, 4) is 0 Å². The number of carbonyl (C=O) groups excluding carboxylic acids is 2. The molecule has 2 rings (SSSR count). The van der Waals surface area contributed by atoms with Crippen molar-refractivity contribution in [3.63, 3.8) is 0 Å². The van der Waals surface area contributed by atoms with Gasteiger partial charge in [0.05, 0.1) is 11.1 Å². The number of aromatic nitrogens is 2. The molecule has 118 valence electrons. The molecule has 2 heterocycles. The van der Waals surface area contributed by atoms with Gasteiger partial charge in [0.1, 0.15) is 0 Å². The van der Waals surface area contributed by atoms with E-state index in [-0.39, 0.29) is 23.9 Å². The lowest BCUT2D eigenvalue weighted by Gasteiger charge is -2.22. The second-order valence-corrected chi connectivity index (χ2v) is 5.63. The predicted octanol–water partition coefficient (Wildman–Crippen LogP) is 1.90. The quantitative estimate of drug-likeness (QED) is 0.679. The van der Waals surface area contributed by atoms with Gasteiger partial charge in [0.2, 0.25) is 0 Å². The van der Waals surface area contributed by atoms with Crippen LogP contribution in [0.4, 0.5) is 0 Å². The van der Waals surface area contributed by atoms with E-state index >= 15 is 0 Å². The number of H-pyrrole nitrogens is 2. The van der Waals surface area contributed by atoms with Gasteiger partial charge in [-0.1, -0.05) is 0 Å². The zero-order valence-electron chi connectivity index (χ0n) is 13.3. The maximum atomic E-state index is 12.2. The third-order valence-corrected chi connectivity index (χ3v) is 3.86. The van der Waals surface area contributed by atoms with E-state index in [9.17, 15) is 9.59 Å². The zero-order valence-corrected chi connectivity index (χ0v) is 13.3. The number of carbonyl (C=O) groups is 2. The summed E-state index contributed by atoms with van der Waals surface area (Å²) in [5, 5.41) is 5.81. The summed E-state index contributed by atoms with van der Waals surface area (Å²) < 4.78 is 0. The molecule has 0 aliphatic heterocycles. The van der Waals surface area contributed by atoms with Gasteiger partial charge in [0, 0.05) is 36.9 Å². The van der Waals surface area contributed by atoms with Gasteiger partial charge in [-0.05, 0) is 38.8 Å². The highest BCUT2D eigenvalue weighted by molar-refractivity contribution is 5.96. The second-order valence-electron chi connectivity index (χ2n) is 5.63. The molecule has 2 amide bonds. The Morgan fingerprint density at radius 3 is 1.45 bits per heavy atom. The Bertz CT molecular complexity index is 613. The number of nitrogens with one attached hydrogen (secondary N) is 4. The minimum Gasteiger partial charge on any atom is -0.367 e. The Hall–Kier alpha value is -2.50. The third-order valence-electron chi connectivity index (χ3n) is 3.86. The lowest BCUT2D eigenvalue weighted by Crippen LogP contribution is -2.48. The van der Waals surface area contributed by atoms with Gasteiger partial charge < -0.3 is 20.6 Å². The first-order valence-electron chi connectivity index (χ1n) is 7.28. The summed E-state index contributed by atoms with van der Waals surface area (Å²) in [5.41, 5.74) is 3.02. The standard InChI is InChI=1S/C16H22N4O2/c1-9-5-17-7-13(9)15(21)19-11(3)12(4)20-16(22)14-8-18-6-10(14)2/h5-8,11-12,17-18H,1-4H3,(H,19,21)(H,20,22)/t11-,12+. The zero-order chi connectivity index (χ0) is 16.3. The number of amides is 2. The summed E-state index contributed by atoms with van der Waals surface area (Å²) in [7, 11) is 0. The molecule has 2 aromatic heterocycles. The topological polar surface area (TPSA) is 89.8 Å². The average molecular weight is 302 g/mol. The van der Waals surface area contributed by atoms with Crippen LogP contribution in [0, 0.1) is 13.8 Å². The molecule has 2 atom stereocenters. The third kappa shape index (κ3) is 3.39. The summed E-state index contributed by atoms with van der Waals surface area (Å²) in [6.45, 7) is 7.48. The first kappa shape index (κ1) is 15.9. The fourth-order valence-electron chi connectivity index (χ4n) is 2.19. The SMILES string of the molecule is Cc1c[nH]cc1C(=O)N[C@@H](C)[C@@H](C)NC(=O)c1c[nH]cc1C. The van der Waals surface area contributed by atoms with Gasteiger partial charge in [0.15, 0.2) is 0 Å². The van der Waals surface area contributed by atoms with Gasteiger partial charge in [-0.25, -0.2) is 0 Å². The Morgan fingerprint density at radius 1 is 0.818 bits per heavy atom. The van der Waals surface area contributed by atoms with E-state index in [0.29, 0.717) is 11.1 Å². The van der Waals surface area contributed by atoms with Gasteiger partial charge in [-0.15, -0.1) is 0 Å². The van der Waals surface area contributed by atoms with Crippen molar-refractivity contribution in [2.75, 3.05) is 0 Å². The fourth-order valence-corrected chi connectivity index (χ4v) is 2.19. The number of rotatable bonds is 5. The number of aryl methyl sites for hydroxylation is 2. The molecule has 0 radical (unpaired) electrons. The normalized spacial score (nSPS) is 13.5. The number of hydrogen-bond donors (Lipinski definition) is 4. The van der Waals surface area contributed by atoms with Gasteiger partial charge >= 0.3 is 0 Å². The highest BCUT2D eigenvalue weighted by atomic mass is 16.2. The van der Waals surface area contributed by atoms with Gasteiger partial charge in [-0.3, -0.25) is 9.59 Å². The van der Waals surface area contributed by atoms with Crippen molar-refractivity contribution in [3.05, 3.63) is 47.0 Å². The van der Waals surface area contributed by atoms with E-state index in [1.54, 1.807) is 24.8 Å². The molecule has 0 spiro atoms. The fraction of sp³-hybridized carbons (Fsp3) is 0.375. The molecule has 0 aliphatic rings. The van der Waals surface area contributed by atoms with Crippen LogP contribution in [0.1, 0.15) is 45.7 Å². The van der Waals surface area contributed by atoms with Gasteiger partial charge in [0.25, 0.3) is 11.8 Å². The maximum absolute atomic E-state index is 12.2. The van der Waals surface area contributed by atoms with E-state index in [1.165, 1.54) is 0 Å². The molecule has 6 nitrogen and oxygen atoms in total. The van der Waals surface area contributed by atoms with Crippen LogP contribution < -0.4 is 10.6 Å². The summed E-state index contributed by atoms with van der Waals surface area (Å²) in [6, 6.07) is -0.380. The van der Waals surface area contributed by atoms with Crippen LogP contribution >= 0.6 is 0 Å². The highest BCUT2D eigenvalue weighted by Crippen LogP contribution is 2.08. The number of hydrogen-bond acceptors (Lipinski definition) is 2. The largest absolute Gasteiger partial charge is 0.367 e. The molecule has 0 unspecified atom stereocenters. The Morgan fingerprint density at radius 2 is 1.18 bits per heavy atom. The first-order chi connectivity index (χ1) is 10.4. The summed E-state index contributed by atoms with van der Waals surface area (Å²) in [4.78, 5) is 30.1. The molecular formula is C16H22N4O2. The van der Waals surface area contributed by atoms with Crippen LogP contribution in [0.2, 0.25) is 0 Å². The van der Waals surface area contributed by atoms with Crippen LogP contribution in [0.5, 0.6) is 0 Å². The monoisotopic (exact) mass is 302 g/mol. The van der Waals surface area contributed by atoms with Crippen molar-refractivity contribution in [1.82, 2.24) is 20.6 Å². The molecule has 2 aromatic rings. The molecule has 22 heavy (non-hydrogen) atoms. The average Bonchev–Trinajstić information content (AvgIpc) is 3.06. The molecule has 4 N–H and O–H groups in total. The van der Waals surface area contributed by atoms with Crippen molar-refractivity contribution in [2.24, 2.45) is 0 Å². The minimum atomic E-state index is -0.190. The lowest BCUT2D eigenvalue weighted by atomic mass is 10.1. The van der Waals surface area contributed by atoms with Crippen molar-refractivity contribution >= 4 is 11.8 Å². The molecule has 0 fully saturated rings. The van der Waals surface area contributed by atoms with E-state index in [0.717, 1.165) is 11.1 Å². The first-order valence-corrected chi connectivity index (χ1v) is 7.28. The molecule has 0 saturated heterocycles. The van der Waals surface area contributed by atoms with Crippen LogP contribution in [0.25, 0.3) is 0 Å². The van der Waals surface area contributed by atoms with Crippen molar-refractivity contribution in [2.45, 2.75) is 39.8 Å². The summed E-state index contributed by atoms with van der Waals surface area (Å²) in [6.07, 6.45) is 6.90. The lowest BCUT2D eigenvalue weighted by molar-refractivity contribution is 0.0891. The molecule has 6 heteroatoms. The van der Waals surface area contributed by atoms with E-state index in [2.05, 4.69) is 20.6 Å². The van der Waals surface area contributed by atoms with Crippen molar-refractivity contribution in [1.29, 1.82) is 0 Å². The van der Waals surface area contributed by atoms with E-state index in [1.807, 2.05) is 27.7 Å². The molecule has 0 bridgehead atoms. The van der Waals surface area contributed by atoms with Gasteiger partial charge in [-0.2, -0.15) is 0 Å². The Labute approximate surface area is 129 Å². The Kier molecular flexibility index (Phi) is 4.70. The smallest absolute Gasteiger partial charge is 0.253 e. The highest BCUT2D eigenvalue weighted by Gasteiger charge is 2.20. The van der Waals surface area contributed by atoms with Crippen LogP contribution in [0.15, 0.2) is 24.8 Å². The minimum absolute atomic E-state index is 0.148. The number of aromatic amines is 2. The maximum Gasteiger partial charge on any atom is 0.253 e. The van der Waals surface area contributed by atoms with Crippen LogP contribution in [-0.4, -0.2) is 33.9 Å². The molecule has 0 aliphatic carbocycles. The molecular weight excluding hydrogens is 280 g/mol.